The van der Waals surface area contributed by atoms with Crippen molar-refractivity contribution in [2.45, 2.75) is 238 Å². The van der Waals surface area contributed by atoms with Crippen LogP contribution in [0.15, 0.2) is 72.9 Å². The van der Waals surface area contributed by atoms with Crippen LogP contribution in [0.25, 0.3) is 0 Å². The summed E-state index contributed by atoms with van der Waals surface area (Å²) in [5, 5.41) is 23.6. The number of aliphatic hydroxyl groups is 2. The summed E-state index contributed by atoms with van der Waals surface area (Å²) in [6.45, 7) is 6.30. The van der Waals surface area contributed by atoms with E-state index >= 15 is 0 Å². The molecule has 6 nitrogen and oxygen atoms in total. The zero-order chi connectivity index (χ0) is 42.4. The van der Waals surface area contributed by atoms with E-state index < -0.39 is 18.2 Å². The lowest BCUT2D eigenvalue weighted by Crippen LogP contribution is -2.46. The van der Waals surface area contributed by atoms with Crippen LogP contribution in [0.5, 0.6) is 0 Å². The molecule has 0 aliphatic heterocycles. The van der Waals surface area contributed by atoms with Gasteiger partial charge < -0.3 is 20.3 Å². The molecule has 3 unspecified atom stereocenters. The zero-order valence-corrected chi connectivity index (χ0v) is 37.9. The molecule has 0 aromatic heterocycles. The Morgan fingerprint density at radius 3 is 1.31 bits per heavy atom. The Balaban J connectivity index is 4.79. The number of hydrogen-bond acceptors (Lipinski definition) is 5. The predicted molar refractivity (Wildman–Crippen MR) is 250 cm³/mol. The lowest BCUT2D eigenvalue weighted by atomic mass is 10.0. The van der Waals surface area contributed by atoms with Crippen molar-refractivity contribution in [3.63, 3.8) is 0 Å². The maximum atomic E-state index is 13.1. The van der Waals surface area contributed by atoms with Gasteiger partial charge >= 0.3 is 5.97 Å². The third-order valence-corrected chi connectivity index (χ3v) is 10.5. The predicted octanol–water partition coefficient (Wildman–Crippen LogP) is 14.2. The summed E-state index contributed by atoms with van der Waals surface area (Å²) in [7, 11) is 0. The number of esters is 1. The molecule has 6 heteroatoms. The van der Waals surface area contributed by atoms with Crippen molar-refractivity contribution in [1.82, 2.24) is 5.32 Å². The molecule has 3 N–H and O–H groups in total. The number of unbranched alkanes of at least 4 members (excludes halogenated alkanes) is 20. The van der Waals surface area contributed by atoms with E-state index in [1.807, 2.05) is 6.08 Å². The fraction of sp³-hybridized carbons (Fsp3) is 0.731. The van der Waals surface area contributed by atoms with Gasteiger partial charge in [0.25, 0.3) is 0 Å². The highest BCUT2D eigenvalue weighted by molar-refractivity contribution is 5.78. The van der Waals surface area contributed by atoms with Crippen LogP contribution in [0.2, 0.25) is 0 Å². The molecule has 334 valence electrons. The Bertz CT molecular complexity index is 1090. The summed E-state index contributed by atoms with van der Waals surface area (Å²) >= 11 is 0. The highest BCUT2D eigenvalue weighted by atomic mass is 16.5. The summed E-state index contributed by atoms with van der Waals surface area (Å²) in [5.41, 5.74) is 0. The summed E-state index contributed by atoms with van der Waals surface area (Å²) in [6.07, 6.45) is 57.1. The molecule has 0 saturated carbocycles. The molecule has 0 aromatic rings. The molecule has 0 rings (SSSR count). The molecular formula is C52H91NO5. The highest BCUT2D eigenvalue weighted by Gasteiger charge is 2.23. The van der Waals surface area contributed by atoms with Gasteiger partial charge in [-0.3, -0.25) is 9.59 Å². The fourth-order valence-corrected chi connectivity index (χ4v) is 6.90. The summed E-state index contributed by atoms with van der Waals surface area (Å²) in [6, 6.07) is -0.742. The number of nitrogens with one attached hydrogen (secondary N) is 1. The highest BCUT2D eigenvalue weighted by Crippen LogP contribution is 2.15. The lowest BCUT2D eigenvalue weighted by Gasteiger charge is -2.23. The number of allylic oxidation sites excluding steroid dienone is 11. The number of rotatable bonds is 42. The molecule has 0 radical (unpaired) electrons. The number of ether oxygens (including phenoxy) is 1. The van der Waals surface area contributed by atoms with Gasteiger partial charge in [-0.15, -0.1) is 0 Å². The van der Waals surface area contributed by atoms with Crippen molar-refractivity contribution < 1.29 is 24.5 Å². The van der Waals surface area contributed by atoms with E-state index in [1.165, 1.54) is 103 Å². The van der Waals surface area contributed by atoms with Gasteiger partial charge in [0.2, 0.25) is 5.91 Å². The Morgan fingerprint density at radius 1 is 0.517 bits per heavy atom. The molecule has 0 spiro atoms. The third-order valence-electron chi connectivity index (χ3n) is 10.5. The molecular weight excluding hydrogens is 719 g/mol. The molecule has 1 amide bonds. The number of carbonyl (C=O) groups is 2. The summed E-state index contributed by atoms with van der Waals surface area (Å²) < 4.78 is 5.81. The van der Waals surface area contributed by atoms with Gasteiger partial charge in [0.05, 0.1) is 25.2 Å². The van der Waals surface area contributed by atoms with Gasteiger partial charge in [-0.1, -0.05) is 222 Å². The Kier molecular flexibility index (Phi) is 43.3. The minimum Gasteiger partial charge on any atom is -0.458 e. The van der Waals surface area contributed by atoms with E-state index in [2.05, 4.69) is 86.8 Å². The maximum Gasteiger partial charge on any atom is 0.306 e. The third kappa shape index (κ3) is 40.1. The lowest BCUT2D eigenvalue weighted by molar-refractivity contribution is -0.148. The monoisotopic (exact) mass is 810 g/mol. The van der Waals surface area contributed by atoms with E-state index in [1.54, 1.807) is 6.08 Å². The first-order valence-electron chi connectivity index (χ1n) is 24.2. The van der Waals surface area contributed by atoms with Crippen molar-refractivity contribution >= 4 is 11.9 Å². The second-order valence-corrected chi connectivity index (χ2v) is 16.1. The minimum atomic E-state index is -0.819. The molecule has 58 heavy (non-hydrogen) atoms. The van der Waals surface area contributed by atoms with Crippen molar-refractivity contribution in [2.75, 3.05) is 6.61 Å². The van der Waals surface area contributed by atoms with E-state index in [0.29, 0.717) is 19.3 Å². The van der Waals surface area contributed by atoms with Crippen LogP contribution < -0.4 is 5.32 Å². The SMILES string of the molecule is CC/C=C\C/C=C\C/C=C\C/C=C\C/C=C\C/C=C\C(CC(=O)NC(CO)C(O)CCCCCCCCCCC)OC(=O)CCCCCCCCCCCCCCC. The largest absolute Gasteiger partial charge is 0.458 e. The van der Waals surface area contributed by atoms with Crippen LogP contribution in [0.3, 0.4) is 0 Å². The minimum absolute atomic E-state index is 0.0479. The Hall–Kier alpha value is -2.70. The molecule has 0 fully saturated rings. The zero-order valence-electron chi connectivity index (χ0n) is 37.9. The van der Waals surface area contributed by atoms with Crippen LogP contribution in [0.4, 0.5) is 0 Å². The quantitative estimate of drug-likeness (QED) is 0.0324. The Morgan fingerprint density at radius 2 is 0.897 bits per heavy atom. The van der Waals surface area contributed by atoms with Gasteiger partial charge in [-0.25, -0.2) is 0 Å². The van der Waals surface area contributed by atoms with E-state index in [4.69, 9.17) is 4.74 Å². The first-order chi connectivity index (χ1) is 28.5. The van der Waals surface area contributed by atoms with Gasteiger partial charge in [-0.05, 0) is 57.4 Å². The molecule has 0 aromatic carbocycles. The van der Waals surface area contributed by atoms with Gasteiger partial charge in [0.1, 0.15) is 6.10 Å². The average molecular weight is 810 g/mol. The first-order valence-corrected chi connectivity index (χ1v) is 24.2. The number of hydrogen-bond donors (Lipinski definition) is 3. The maximum absolute atomic E-state index is 13.1. The Labute approximate surface area is 358 Å². The van der Waals surface area contributed by atoms with Gasteiger partial charge in [-0.2, -0.15) is 0 Å². The van der Waals surface area contributed by atoms with Crippen LogP contribution in [0.1, 0.15) is 220 Å². The van der Waals surface area contributed by atoms with Crippen LogP contribution in [-0.2, 0) is 14.3 Å². The molecule has 3 atom stereocenters. The van der Waals surface area contributed by atoms with E-state index in [9.17, 15) is 19.8 Å². The molecule has 0 saturated heterocycles. The topological polar surface area (TPSA) is 95.9 Å². The molecule has 0 heterocycles. The average Bonchev–Trinajstić information content (AvgIpc) is 3.22. The first kappa shape index (κ1) is 55.3. The van der Waals surface area contributed by atoms with Crippen LogP contribution in [0, 0.1) is 0 Å². The van der Waals surface area contributed by atoms with Gasteiger partial charge in [0.15, 0.2) is 0 Å². The van der Waals surface area contributed by atoms with E-state index in [-0.39, 0.29) is 24.9 Å². The van der Waals surface area contributed by atoms with Crippen LogP contribution in [-0.4, -0.2) is 46.9 Å². The number of aliphatic hydroxyl groups excluding tert-OH is 2. The standard InChI is InChI=1S/C52H91NO5/c1-4-7-10-13-16-19-21-23-24-25-26-28-29-32-34-37-40-43-48(58-52(57)45-42-39-36-33-30-27-22-20-17-14-11-8-5-2)46-51(56)53-49(47-54)50(55)44-41-38-35-31-18-15-12-9-6-3/h7,10,16,19,23-24,26,28,32,34,40,43,48-50,54-55H,4-6,8-9,11-15,17-18,20-22,25,27,29-31,33,35-39,41-42,44-47H2,1-3H3,(H,53,56)/b10-7-,19-16-,24-23-,28-26-,34-32-,43-40-. The van der Waals surface area contributed by atoms with Crippen LogP contribution >= 0.6 is 0 Å². The summed E-state index contributed by atoms with van der Waals surface area (Å²) in [4.78, 5) is 26.0. The smallest absolute Gasteiger partial charge is 0.306 e. The molecule has 0 aliphatic carbocycles. The second-order valence-electron chi connectivity index (χ2n) is 16.1. The van der Waals surface area contributed by atoms with Crippen molar-refractivity contribution in [1.29, 1.82) is 0 Å². The fourth-order valence-electron chi connectivity index (χ4n) is 6.90. The van der Waals surface area contributed by atoms with Crippen molar-refractivity contribution in [2.24, 2.45) is 0 Å². The molecule has 0 aliphatic rings. The number of carbonyl (C=O) groups excluding carboxylic acids is 2. The van der Waals surface area contributed by atoms with Crippen molar-refractivity contribution in [3.8, 4) is 0 Å². The van der Waals surface area contributed by atoms with Crippen molar-refractivity contribution in [3.05, 3.63) is 72.9 Å². The van der Waals surface area contributed by atoms with Gasteiger partial charge in [0, 0.05) is 6.42 Å². The normalized spacial score (nSPS) is 13.9. The second kappa shape index (κ2) is 45.4. The summed E-state index contributed by atoms with van der Waals surface area (Å²) in [5.74, 6) is -0.632. The number of amides is 1. The molecule has 0 bridgehead atoms. The van der Waals surface area contributed by atoms with E-state index in [0.717, 1.165) is 70.6 Å².